The average molecular weight is 352 g/mol. The Balaban J connectivity index is 1.78. The smallest absolute Gasteiger partial charge is 0.119 e. The normalized spacial score (nSPS) is 24.5. The molecular weight excluding hydrogens is 324 g/mol. The third-order valence-electron chi connectivity index (χ3n) is 6.46. The van der Waals surface area contributed by atoms with E-state index in [1.54, 1.807) is 14.2 Å². The Bertz CT molecular complexity index is 766. The number of aliphatic hydroxyl groups is 1. The zero-order chi connectivity index (χ0) is 18.1. The third-order valence-corrected chi connectivity index (χ3v) is 6.46. The van der Waals surface area contributed by atoms with Crippen molar-refractivity contribution in [3.8, 4) is 11.5 Å². The van der Waals surface area contributed by atoms with Crippen LogP contribution in [0.2, 0.25) is 0 Å². The van der Waals surface area contributed by atoms with E-state index in [9.17, 15) is 5.11 Å². The minimum Gasteiger partial charge on any atom is -0.497 e. The van der Waals surface area contributed by atoms with Crippen LogP contribution in [0.1, 0.15) is 59.8 Å². The van der Waals surface area contributed by atoms with E-state index in [0.29, 0.717) is 17.8 Å². The molecule has 0 spiro atoms. The molecule has 0 bridgehead atoms. The van der Waals surface area contributed by atoms with E-state index in [0.717, 1.165) is 23.5 Å². The number of aliphatic hydroxyl groups excluding tert-OH is 1. The fourth-order valence-electron chi connectivity index (χ4n) is 5.18. The Morgan fingerprint density at radius 3 is 2.35 bits per heavy atom. The highest BCUT2D eigenvalue weighted by atomic mass is 16.5. The number of methoxy groups -OCH3 is 2. The van der Waals surface area contributed by atoms with E-state index in [1.807, 2.05) is 6.07 Å². The lowest BCUT2D eigenvalue weighted by Crippen LogP contribution is -2.31. The van der Waals surface area contributed by atoms with Crippen LogP contribution in [-0.2, 0) is 13.0 Å². The fraction of sp³-hybridized carbons (Fsp3) is 0.478. The van der Waals surface area contributed by atoms with Gasteiger partial charge in [0.05, 0.1) is 20.8 Å². The van der Waals surface area contributed by atoms with Crippen LogP contribution in [0, 0.1) is 5.92 Å². The number of benzene rings is 2. The second-order valence-electron chi connectivity index (χ2n) is 7.65. The van der Waals surface area contributed by atoms with E-state index >= 15 is 0 Å². The largest absolute Gasteiger partial charge is 0.497 e. The Kier molecular flexibility index (Phi) is 4.90. The summed E-state index contributed by atoms with van der Waals surface area (Å²) in [5.41, 5.74) is 5.19. The molecule has 0 amide bonds. The highest BCUT2D eigenvalue weighted by Crippen LogP contribution is 2.52. The van der Waals surface area contributed by atoms with Gasteiger partial charge in [-0.15, -0.1) is 0 Å². The summed E-state index contributed by atoms with van der Waals surface area (Å²) in [5, 5.41) is 9.96. The first kappa shape index (κ1) is 17.4. The molecule has 0 radical (unpaired) electrons. The van der Waals surface area contributed by atoms with Gasteiger partial charge in [0.15, 0.2) is 0 Å². The minimum absolute atomic E-state index is 0.0756. The second-order valence-corrected chi connectivity index (χ2v) is 7.65. The molecule has 1 saturated carbocycles. The first-order valence-corrected chi connectivity index (χ1v) is 9.69. The topological polar surface area (TPSA) is 38.7 Å². The Morgan fingerprint density at radius 1 is 0.923 bits per heavy atom. The summed E-state index contributed by atoms with van der Waals surface area (Å²) < 4.78 is 10.8. The number of hydrogen-bond acceptors (Lipinski definition) is 3. The summed E-state index contributed by atoms with van der Waals surface area (Å²) in [6.45, 7) is 0.0756. The predicted octanol–water partition coefficient (Wildman–Crippen LogP) is 4.81. The van der Waals surface area contributed by atoms with Gasteiger partial charge in [-0.2, -0.15) is 0 Å². The number of rotatable bonds is 4. The van der Waals surface area contributed by atoms with Gasteiger partial charge in [-0.1, -0.05) is 25.0 Å². The maximum Gasteiger partial charge on any atom is 0.119 e. The summed E-state index contributed by atoms with van der Waals surface area (Å²) in [4.78, 5) is 0. The van der Waals surface area contributed by atoms with Gasteiger partial charge in [0.25, 0.3) is 0 Å². The van der Waals surface area contributed by atoms with Crippen LogP contribution >= 0.6 is 0 Å². The molecular formula is C23H28O3. The lowest BCUT2D eigenvalue weighted by atomic mass is 9.61. The zero-order valence-electron chi connectivity index (χ0n) is 15.7. The Morgan fingerprint density at radius 2 is 1.65 bits per heavy atom. The molecule has 2 aliphatic rings. The van der Waals surface area contributed by atoms with E-state index < -0.39 is 0 Å². The van der Waals surface area contributed by atoms with Crippen LogP contribution in [0.25, 0.3) is 0 Å². The molecule has 26 heavy (non-hydrogen) atoms. The lowest BCUT2D eigenvalue weighted by Gasteiger charge is -2.43. The summed E-state index contributed by atoms with van der Waals surface area (Å²) in [7, 11) is 3.42. The molecule has 3 nitrogen and oxygen atoms in total. The molecule has 1 fully saturated rings. The van der Waals surface area contributed by atoms with Crippen molar-refractivity contribution in [2.75, 3.05) is 14.2 Å². The summed E-state index contributed by atoms with van der Waals surface area (Å²) in [6, 6.07) is 12.8. The van der Waals surface area contributed by atoms with Crippen LogP contribution in [-0.4, -0.2) is 19.3 Å². The van der Waals surface area contributed by atoms with E-state index in [4.69, 9.17) is 9.47 Å². The van der Waals surface area contributed by atoms with Crippen molar-refractivity contribution in [1.29, 1.82) is 0 Å². The molecule has 0 aromatic heterocycles. The van der Waals surface area contributed by atoms with Gasteiger partial charge in [0, 0.05) is 0 Å². The summed E-state index contributed by atoms with van der Waals surface area (Å²) in [6.07, 6.45) is 6.14. The van der Waals surface area contributed by atoms with Crippen molar-refractivity contribution in [2.24, 2.45) is 5.92 Å². The molecule has 0 heterocycles. The Labute approximate surface area is 156 Å². The molecule has 0 saturated heterocycles. The van der Waals surface area contributed by atoms with Gasteiger partial charge in [0.1, 0.15) is 11.5 Å². The van der Waals surface area contributed by atoms with Crippen molar-refractivity contribution < 1.29 is 14.6 Å². The van der Waals surface area contributed by atoms with Gasteiger partial charge in [-0.25, -0.2) is 0 Å². The van der Waals surface area contributed by atoms with Crippen molar-refractivity contribution in [1.82, 2.24) is 0 Å². The van der Waals surface area contributed by atoms with E-state index in [1.165, 1.54) is 42.4 Å². The van der Waals surface area contributed by atoms with Gasteiger partial charge < -0.3 is 14.6 Å². The second kappa shape index (κ2) is 7.32. The minimum atomic E-state index is 0.0756. The molecule has 1 N–H and O–H groups in total. The summed E-state index contributed by atoms with van der Waals surface area (Å²) >= 11 is 0. The van der Waals surface area contributed by atoms with Gasteiger partial charge in [0.2, 0.25) is 0 Å². The molecule has 3 atom stereocenters. The molecule has 2 aliphatic carbocycles. The van der Waals surface area contributed by atoms with Crippen molar-refractivity contribution in [2.45, 2.75) is 50.5 Å². The highest BCUT2D eigenvalue weighted by Gasteiger charge is 2.39. The van der Waals surface area contributed by atoms with Crippen LogP contribution in [0.5, 0.6) is 11.5 Å². The predicted molar refractivity (Wildman–Crippen MR) is 103 cm³/mol. The number of hydrogen-bond donors (Lipinski definition) is 1. The van der Waals surface area contributed by atoms with Crippen LogP contribution in [0.4, 0.5) is 0 Å². The van der Waals surface area contributed by atoms with Gasteiger partial charge in [-0.05, 0) is 83.5 Å². The van der Waals surface area contributed by atoms with Crippen molar-refractivity contribution in [3.05, 3.63) is 58.7 Å². The fourth-order valence-corrected chi connectivity index (χ4v) is 5.18. The summed E-state index contributed by atoms with van der Waals surface area (Å²) in [5.74, 6) is 3.53. The first-order valence-electron chi connectivity index (χ1n) is 9.69. The van der Waals surface area contributed by atoms with Gasteiger partial charge in [-0.3, -0.25) is 0 Å². The number of ether oxygens (including phenoxy) is 2. The molecule has 4 rings (SSSR count). The van der Waals surface area contributed by atoms with Crippen LogP contribution in [0.3, 0.4) is 0 Å². The monoisotopic (exact) mass is 352 g/mol. The molecule has 2 aromatic rings. The maximum absolute atomic E-state index is 9.96. The molecule has 2 aromatic carbocycles. The van der Waals surface area contributed by atoms with E-state index in [2.05, 4.69) is 30.3 Å². The number of fused-ring (bicyclic) bond motifs is 3. The zero-order valence-corrected chi connectivity index (χ0v) is 15.7. The van der Waals surface area contributed by atoms with Crippen molar-refractivity contribution >= 4 is 0 Å². The molecule has 3 heteroatoms. The molecule has 138 valence electrons. The quantitative estimate of drug-likeness (QED) is 0.858. The average Bonchev–Trinajstić information content (AvgIpc) is 2.72. The van der Waals surface area contributed by atoms with Crippen molar-refractivity contribution in [3.63, 3.8) is 0 Å². The van der Waals surface area contributed by atoms with E-state index in [-0.39, 0.29) is 6.61 Å². The standard InChI is InChI=1S/C23H28O3/c1-25-17-9-7-15(8-10-17)21-13-22-16(14-24)11-18(26-2)12-23(22)20-6-4-3-5-19(20)21/h7-12,19-21,24H,3-6,13-14H2,1-2H3/t19-,20+,21-/m0/s1. The van der Waals surface area contributed by atoms with Crippen LogP contribution < -0.4 is 9.47 Å². The lowest BCUT2D eigenvalue weighted by molar-refractivity contribution is 0.237. The third kappa shape index (κ3) is 2.99. The SMILES string of the molecule is COc1ccc([C@@H]2Cc3c(CO)cc(OC)cc3[C@@H]3CCCC[C@H]23)cc1. The molecule has 0 aliphatic heterocycles. The van der Waals surface area contributed by atoms with Gasteiger partial charge >= 0.3 is 0 Å². The van der Waals surface area contributed by atoms with Crippen LogP contribution in [0.15, 0.2) is 36.4 Å². The Hall–Kier alpha value is -2.00. The highest BCUT2D eigenvalue weighted by molar-refractivity contribution is 5.48. The first-order chi connectivity index (χ1) is 12.7. The molecule has 0 unspecified atom stereocenters. The maximum atomic E-state index is 9.96.